The highest BCUT2D eigenvalue weighted by Crippen LogP contribution is 2.40. The molecule has 2 heterocycles. The van der Waals surface area contributed by atoms with E-state index in [4.69, 9.17) is 18.9 Å². The number of methoxy groups -OCH3 is 3. The number of pyridine rings is 1. The zero-order valence-corrected chi connectivity index (χ0v) is 17.8. The van der Waals surface area contributed by atoms with Crippen molar-refractivity contribution in [2.24, 2.45) is 0 Å². The lowest BCUT2D eigenvalue weighted by molar-refractivity contribution is 0.0418. The van der Waals surface area contributed by atoms with Crippen molar-refractivity contribution in [1.29, 1.82) is 0 Å². The number of rotatable bonds is 9. The van der Waals surface area contributed by atoms with Crippen molar-refractivity contribution in [2.45, 2.75) is 6.54 Å². The van der Waals surface area contributed by atoms with Crippen LogP contribution in [0.2, 0.25) is 0 Å². The Bertz CT molecular complexity index is 823. The summed E-state index contributed by atoms with van der Waals surface area (Å²) < 4.78 is 21.8. The summed E-state index contributed by atoms with van der Waals surface area (Å²) >= 11 is 0. The van der Waals surface area contributed by atoms with Crippen LogP contribution in [0.5, 0.6) is 17.2 Å². The molecule has 1 aromatic carbocycles. The van der Waals surface area contributed by atoms with Crippen LogP contribution in [0.1, 0.15) is 15.9 Å². The third kappa shape index (κ3) is 5.40. The lowest BCUT2D eigenvalue weighted by Gasteiger charge is -2.34. The van der Waals surface area contributed by atoms with E-state index in [1.165, 1.54) is 6.20 Å². The predicted octanol–water partition coefficient (Wildman–Crippen LogP) is 2.08. The highest BCUT2D eigenvalue weighted by molar-refractivity contribution is 5.88. The van der Waals surface area contributed by atoms with E-state index in [2.05, 4.69) is 14.8 Å². The smallest absolute Gasteiger partial charge is 0.339 e. The molecule has 0 saturated carbocycles. The normalized spacial score (nSPS) is 14.9. The van der Waals surface area contributed by atoms with Gasteiger partial charge in [0, 0.05) is 57.2 Å². The predicted molar refractivity (Wildman–Crippen MR) is 112 cm³/mol. The van der Waals surface area contributed by atoms with Gasteiger partial charge in [0.05, 0.1) is 26.9 Å². The number of hydrogen-bond donors (Lipinski definition) is 0. The monoisotopic (exact) mass is 415 g/mol. The van der Waals surface area contributed by atoms with Gasteiger partial charge >= 0.3 is 5.97 Å². The third-order valence-electron chi connectivity index (χ3n) is 5.18. The van der Waals surface area contributed by atoms with Gasteiger partial charge in [-0.05, 0) is 18.2 Å². The SMILES string of the molecule is COc1ccc(CN2CCN(CCOC(=O)c3cccnc3)CC2)c(OC)c1OC. The number of aromatic nitrogens is 1. The molecule has 1 fully saturated rings. The van der Waals surface area contributed by atoms with Crippen molar-refractivity contribution in [3.8, 4) is 17.2 Å². The molecule has 30 heavy (non-hydrogen) atoms. The quantitative estimate of drug-likeness (QED) is 0.577. The van der Waals surface area contributed by atoms with E-state index in [9.17, 15) is 4.79 Å². The topological polar surface area (TPSA) is 73.4 Å². The van der Waals surface area contributed by atoms with E-state index in [1.54, 1.807) is 39.7 Å². The molecule has 3 rings (SSSR count). The molecule has 1 saturated heterocycles. The first-order chi connectivity index (χ1) is 14.7. The lowest BCUT2D eigenvalue weighted by atomic mass is 10.1. The van der Waals surface area contributed by atoms with Crippen LogP contribution in [0.25, 0.3) is 0 Å². The Balaban J connectivity index is 1.46. The molecular weight excluding hydrogens is 386 g/mol. The zero-order valence-electron chi connectivity index (χ0n) is 17.8. The van der Waals surface area contributed by atoms with E-state index in [-0.39, 0.29) is 5.97 Å². The van der Waals surface area contributed by atoms with Crippen LogP contribution in [0.4, 0.5) is 0 Å². The first-order valence-electron chi connectivity index (χ1n) is 9.96. The van der Waals surface area contributed by atoms with Crippen molar-refractivity contribution in [1.82, 2.24) is 14.8 Å². The second-order valence-electron chi connectivity index (χ2n) is 6.99. The first kappa shape index (κ1) is 21.9. The van der Waals surface area contributed by atoms with Crippen LogP contribution in [-0.2, 0) is 11.3 Å². The van der Waals surface area contributed by atoms with Crippen molar-refractivity contribution in [3.05, 3.63) is 47.8 Å². The molecule has 1 aliphatic heterocycles. The number of ether oxygens (including phenoxy) is 4. The number of carbonyl (C=O) groups is 1. The second kappa shape index (κ2) is 10.8. The maximum atomic E-state index is 12.0. The number of benzene rings is 1. The van der Waals surface area contributed by atoms with E-state index in [0.29, 0.717) is 29.4 Å². The van der Waals surface area contributed by atoms with Gasteiger partial charge in [0.25, 0.3) is 0 Å². The van der Waals surface area contributed by atoms with Crippen LogP contribution in [-0.4, -0.2) is 81.4 Å². The summed E-state index contributed by atoms with van der Waals surface area (Å²) in [4.78, 5) is 20.6. The largest absolute Gasteiger partial charge is 0.493 e. The molecule has 2 aromatic rings. The van der Waals surface area contributed by atoms with E-state index in [0.717, 1.165) is 44.8 Å². The van der Waals surface area contributed by atoms with Gasteiger partial charge in [-0.1, -0.05) is 6.07 Å². The van der Waals surface area contributed by atoms with Crippen LogP contribution < -0.4 is 14.2 Å². The molecule has 0 bridgehead atoms. The van der Waals surface area contributed by atoms with Gasteiger partial charge < -0.3 is 18.9 Å². The van der Waals surface area contributed by atoms with Crippen LogP contribution in [0, 0.1) is 0 Å². The number of hydrogen-bond acceptors (Lipinski definition) is 8. The summed E-state index contributed by atoms with van der Waals surface area (Å²) in [5, 5.41) is 0. The molecule has 8 heteroatoms. The minimum atomic E-state index is -0.331. The fourth-order valence-electron chi connectivity index (χ4n) is 3.53. The van der Waals surface area contributed by atoms with Crippen molar-refractivity contribution < 1.29 is 23.7 Å². The van der Waals surface area contributed by atoms with E-state index in [1.807, 2.05) is 12.1 Å². The van der Waals surface area contributed by atoms with Gasteiger partial charge in [-0.3, -0.25) is 14.8 Å². The first-order valence-corrected chi connectivity index (χ1v) is 9.96. The lowest BCUT2D eigenvalue weighted by Crippen LogP contribution is -2.46. The standard InChI is InChI=1S/C22H29N3O5/c1-27-19-7-6-18(20(28-2)21(19)29-3)16-25-11-9-24(10-12-25)13-14-30-22(26)17-5-4-8-23-15-17/h4-8,15H,9-14,16H2,1-3H3. The molecule has 0 amide bonds. The van der Waals surface area contributed by atoms with Crippen molar-refractivity contribution >= 4 is 5.97 Å². The maximum absolute atomic E-state index is 12.0. The molecule has 1 aliphatic rings. The van der Waals surface area contributed by atoms with E-state index < -0.39 is 0 Å². The summed E-state index contributed by atoms with van der Waals surface area (Å²) in [6.45, 7) is 5.55. The van der Waals surface area contributed by atoms with Gasteiger partial charge in [0.2, 0.25) is 5.75 Å². The second-order valence-corrected chi connectivity index (χ2v) is 6.99. The number of nitrogens with zero attached hydrogens (tertiary/aromatic N) is 3. The molecule has 0 atom stereocenters. The molecule has 0 radical (unpaired) electrons. The number of carbonyl (C=O) groups excluding carboxylic acids is 1. The van der Waals surface area contributed by atoms with E-state index >= 15 is 0 Å². The molecule has 162 valence electrons. The maximum Gasteiger partial charge on any atom is 0.339 e. The summed E-state index contributed by atoms with van der Waals surface area (Å²) in [6, 6.07) is 7.35. The van der Waals surface area contributed by atoms with Gasteiger partial charge in [0.15, 0.2) is 11.5 Å². The Morgan fingerprint density at radius 1 is 0.967 bits per heavy atom. The average Bonchev–Trinajstić information content (AvgIpc) is 2.80. The van der Waals surface area contributed by atoms with Crippen LogP contribution in [0.3, 0.4) is 0 Å². The minimum absolute atomic E-state index is 0.331. The van der Waals surface area contributed by atoms with Gasteiger partial charge in [-0.2, -0.15) is 0 Å². The Morgan fingerprint density at radius 3 is 2.33 bits per heavy atom. The molecule has 0 aliphatic carbocycles. The summed E-state index contributed by atoms with van der Waals surface area (Å²) in [7, 11) is 4.87. The zero-order chi connectivity index (χ0) is 21.3. The molecule has 0 spiro atoms. The van der Waals surface area contributed by atoms with Crippen LogP contribution >= 0.6 is 0 Å². The number of esters is 1. The Hall–Kier alpha value is -2.84. The molecular formula is C22H29N3O5. The highest BCUT2D eigenvalue weighted by atomic mass is 16.5. The van der Waals surface area contributed by atoms with Gasteiger partial charge in [-0.25, -0.2) is 4.79 Å². The molecule has 1 aromatic heterocycles. The minimum Gasteiger partial charge on any atom is -0.493 e. The Labute approximate surface area is 177 Å². The Morgan fingerprint density at radius 2 is 1.70 bits per heavy atom. The number of piperazine rings is 1. The molecule has 0 N–H and O–H groups in total. The third-order valence-corrected chi connectivity index (χ3v) is 5.18. The highest BCUT2D eigenvalue weighted by Gasteiger charge is 2.21. The average molecular weight is 415 g/mol. The van der Waals surface area contributed by atoms with Crippen molar-refractivity contribution in [2.75, 3.05) is 60.7 Å². The fourth-order valence-corrected chi connectivity index (χ4v) is 3.53. The Kier molecular flexibility index (Phi) is 7.87. The fraction of sp³-hybridized carbons (Fsp3) is 0.455. The summed E-state index contributed by atoms with van der Waals surface area (Å²) in [5.41, 5.74) is 1.54. The molecule has 8 nitrogen and oxygen atoms in total. The van der Waals surface area contributed by atoms with Crippen molar-refractivity contribution in [3.63, 3.8) is 0 Å². The summed E-state index contributed by atoms with van der Waals surface area (Å²) in [5.74, 6) is 1.65. The van der Waals surface area contributed by atoms with Gasteiger partial charge in [0.1, 0.15) is 6.61 Å². The van der Waals surface area contributed by atoms with Crippen LogP contribution in [0.15, 0.2) is 36.7 Å². The van der Waals surface area contributed by atoms with Gasteiger partial charge in [-0.15, -0.1) is 0 Å². The molecule has 0 unspecified atom stereocenters. The summed E-state index contributed by atoms with van der Waals surface area (Å²) in [6.07, 6.45) is 3.15.